The fraction of sp³-hybridized carbons (Fsp3) is 0.304. The Morgan fingerprint density at radius 3 is 2.52 bits per heavy atom. The smallest absolute Gasteiger partial charge is 0.416 e. The summed E-state index contributed by atoms with van der Waals surface area (Å²) in [5, 5.41) is 4.92. The summed E-state index contributed by atoms with van der Waals surface area (Å²) in [5.41, 5.74) is 0.610. The molecule has 4 rings (SSSR count). The third-order valence-corrected chi connectivity index (χ3v) is 5.57. The summed E-state index contributed by atoms with van der Waals surface area (Å²) in [4.78, 5) is 16.8. The standard InChI is InChI=1S/C23H22ClF3N4O2/c24-19-5-1-3-17(13-19)15-29-9-11-30(12-10-29)22(32)21-7-8-31(28-21)16-33-20-6-2-4-18(14-20)23(25,26)27/h1-8,13-14H,9-12,15-16H2. The summed E-state index contributed by atoms with van der Waals surface area (Å²) in [7, 11) is 0. The molecule has 0 atom stereocenters. The summed E-state index contributed by atoms with van der Waals surface area (Å²) in [5.74, 6) is -0.112. The highest BCUT2D eigenvalue weighted by atomic mass is 35.5. The maximum Gasteiger partial charge on any atom is 0.416 e. The Balaban J connectivity index is 1.29. The van der Waals surface area contributed by atoms with Crippen LogP contribution in [0.3, 0.4) is 0 Å². The zero-order valence-corrected chi connectivity index (χ0v) is 18.4. The number of piperazine rings is 1. The number of carbonyl (C=O) groups is 1. The van der Waals surface area contributed by atoms with E-state index in [9.17, 15) is 18.0 Å². The van der Waals surface area contributed by atoms with Crippen LogP contribution in [-0.2, 0) is 19.5 Å². The van der Waals surface area contributed by atoms with Crippen molar-refractivity contribution in [2.75, 3.05) is 26.2 Å². The predicted molar refractivity (Wildman–Crippen MR) is 117 cm³/mol. The Morgan fingerprint density at radius 1 is 1.03 bits per heavy atom. The molecule has 1 aromatic heterocycles. The van der Waals surface area contributed by atoms with Crippen LogP contribution in [0.5, 0.6) is 5.75 Å². The third kappa shape index (κ3) is 6.06. The van der Waals surface area contributed by atoms with Crippen LogP contribution in [-0.4, -0.2) is 51.7 Å². The molecule has 0 N–H and O–H groups in total. The van der Waals surface area contributed by atoms with Crippen molar-refractivity contribution in [3.63, 3.8) is 0 Å². The van der Waals surface area contributed by atoms with Crippen molar-refractivity contribution in [1.82, 2.24) is 19.6 Å². The Kier molecular flexibility index (Phi) is 6.90. The first-order valence-corrected chi connectivity index (χ1v) is 10.8. The lowest BCUT2D eigenvalue weighted by molar-refractivity contribution is -0.137. The largest absolute Gasteiger partial charge is 0.471 e. The Morgan fingerprint density at radius 2 is 1.79 bits per heavy atom. The minimum absolute atomic E-state index is 0.0732. The zero-order valence-electron chi connectivity index (χ0n) is 17.6. The molecule has 1 aliphatic rings. The fourth-order valence-corrected chi connectivity index (χ4v) is 3.83. The molecular weight excluding hydrogens is 457 g/mol. The SMILES string of the molecule is O=C(c1ccn(COc2cccc(C(F)(F)F)c2)n1)N1CCN(Cc2cccc(Cl)c2)CC1. The number of aromatic nitrogens is 2. The van der Waals surface area contributed by atoms with E-state index in [2.05, 4.69) is 10.00 Å². The number of amides is 1. The molecule has 1 saturated heterocycles. The molecule has 0 saturated carbocycles. The van der Waals surface area contributed by atoms with E-state index < -0.39 is 11.7 Å². The van der Waals surface area contributed by atoms with Gasteiger partial charge in [0.25, 0.3) is 5.91 Å². The highest BCUT2D eigenvalue weighted by Gasteiger charge is 2.30. The summed E-state index contributed by atoms with van der Waals surface area (Å²) in [6.07, 6.45) is -2.88. The molecule has 1 amide bonds. The van der Waals surface area contributed by atoms with Gasteiger partial charge in [0, 0.05) is 43.9 Å². The molecule has 0 radical (unpaired) electrons. The molecule has 174 valence electrons. The van der Waals surface area contributed by atoms with E-state index in [0.29, 0.717) is 18.1 Å². The van der Waals surface area contributed by atoms with E-state index in [0.717, 1.165) is 37.3 Å². The summed E-state index contributed by atoms with van der Waals surface area (Å²) < 4.78 is 45.3. The van der Waals surface area contributed by atoms with E-state index in [1.54, 1.807) is 17.2 Å². The first-order chi connectivity index (χ1) is 15.8. The van der Waals surface area contributed by atoms with Crippen molar-refractivity contribution in [1.29, 1.82) is 0 Å². The van der Waals surface area contributed by atoms with Gasteiger partial charge >= 0.3 is 6.18 Å². The lowest BCUT2D eigenvalue weighted by Crippen LogP contribution is -2.48. The lowest BCUT2D eigenvalue weighted by atomic mass is 10.2. The minimum atomic E-state index is -4.44. The molecule has 2 aromatic carbocycles. The van der Waals surface area contributed by atoms with E-state index >= 15 is 0 Å². The van der Waals surface area contributed by atoms with E-state index in [-0.39, 0.29) is 24.1 Å². The normalized spacial score (nSPS) is 15.0. The molecule has 33 heavy (non-hydrogen) atoms. The molecule has 1 fully saturated rings. The van der Waals surface area contributed by atoms with Gasteiger partial charge in [-0.05, 0) is 42.0 Å². The van der Waals surface area contributed by atoms with Crippen molar-refractivity contribution in [3.8, 4) is 5.75 Å². The van der Waals surface area contributed by atoms with Crippen molar-refractivity contribution in [3.05, 3.63) is 82.6 Å². The number of hydrogen-bond acceptors (Lipinski definition) is 4. The highest BCUT2D eigenvalue weighted by Crippen LogP contribution is 2.31. The van der Waals surface area contributed by atoms with Crippen molar-refractivity contribution in [2.45, 2.75) is 19.5 Å². The van der Waals surface area contributed by atoms with Gasteiger partial charge in [0.1, 0.15) is 5.75 Å². The lowest BCUT2D eigenvalue weighted by Gasteiger charge is -2.34. The molecule has 6 nitrogen and oxygen atoms in total. The second-order valence-corrected chi connectivity index (χ2v) is 8.17. The molecule has 1 aliphatic heterocycles. The first kappa shape index (κ1) is 23.1. The summed E-state index contributed by atoms with van der Waals surface area (Å²) in [6.45, 7) is 3.28. The van der Waals surface area contributed by atoms with Crippen molar-refractivity contribution < 1.29 is 22.7 Å². The zero-order chi connectivity index (χ0) is 23.4. The van der Waals surface area contributed by atoms with E-state index in [1.807, 2.05) is 24.3 Å². The van der Waals surface area contributed by atoms with Crippen molar-refractivity contribution >= 4 is 17.5 Å². The second-order valence-electron chi connectivity index (χ2n) is 7.74. The van der Waals surface area contributed by atoms with Gasteiger partial charge in [0.05, 0.1) is 5.56 Å². The van der Waals surface area contributed by atoms with Crippen LogP contribution in [0.4, 0.5) is 13.2 Å². The fourth-order valence-electron chi connectivity index (χ4n) is 3.62. The van der Waals surface area contributed by atoms with Gasteiger partial charge in [-0.25, -0.2) is 4.68 Å². The average molecular weight is 479 g/mol. The number of carbonyl (C=O) groups excluding carboxylic acids is 1. The van der Waals surface area contributed by atoms with Gasteiger partial charge in [0.2, 0.25) is 0 Å². The van der Waals surface area contributed by atoms with E-state index in [1.165, 1.54) is 16.8 Å². The molecular formula is C23H22ClF3N4O2. The summed E-state index contributed by atoms with van der Waals surface area (Å²) >= 11 is 6.04. The molecule has 0 unspecified atom stereocenters. The van der Waals surface area contributed by atoms with Gasteiger partial charge in [0.15, 0.2) is 12.4 Å². The third-order valence-electron chi connectivity index (χ3n) is 5.34. The van der Waals surface area contributed by atoms with Crippen LogP contribution in [0.25, 0.3) is 0 Å². The number of ether oxygens (including phenoxy) is 1. The van der Waals surface area contributed by atoms with Gasteiger partial charge in [-0.2, -0.15) is 18.3 Å². The molecule has 10 heteroatoms. The molecule has 0 spiro atoms. The number of nitrogens with zero attached hydrogens (tertiary/aromatic N) is 4. The quantitative estimate of drug-likeness (QED) is 0.521. The maximum absolute atomic E-state index is 12.8. The molecule has 0 bridgehead atoms. The predicted octanol–water partition coefficient (Wildman–Crippen LogP) is 4.55. The van der Waals surface area contributed by atoms with Crippen LogP contribution < -0.4 is 4.74 Å². The second kappa shape index (κ2) is 9.84. The topological polar surface area (TPSA) is 50.6 Å². The van der Waals surface area contributed by atoms with Gasteiger partial charge < -0.3 is 9.64 Å². The minimum Gasteiger partial charge on any atom is -0.471 e. The van der Waals surface area contributed by atoms with Crippen LogP contribution in [0, 0.1) is 0 Å². The number of hydrogen-bond donors (Lipinski definition) is 0. The van der Waals surface area contributed by atoms with Gasteiger partial charge in [-0.1, -0.05) is 29.8 Å². The molecule has 2 heterocycles. The summed E-state index contributed by atoms with van der Waals surface area (Å²) in [6, 6.07) is 13.9. The first-order valence-electron chi connectivity index (χ1n) is 10.4. The Hall–Kier alpha value is -3.04. The molecule has 0 aliphatic carbocycles. The monoisotopic (exact) mass is 478 g/mol. The number of alkyl halides is 3. The Bertz CT molecular complexity index is 1110. The highest BCUT2D eigenvalue weighted by molar-refractivity contribution is 6.30. The number of halogens is 4. The van der Waals surface area contributed by atoms with Crippen LogP contribution >= 0.6 is 11.6 Å². The maximum atomic E-state index is 12.8. The Labute approximate surface area is 194 Å². The van der Waals surface area contributed by atoms with Crippen LogP contribution in [0.15, 0.2) is 60.8 Å². The number of benzene rings is 2. The van der Waals surface area contributed by atoms with E-state index in [4.69, 9.17) is 16.3 Å². The number of rotatable bonds is 6. The van der Waals surface area contributed by atoms with Crippen LogP contribution in [0.2, 0.25) is 5.02 Å². The van der Waals surface area contributed by atoms with Gasteiger partial charge in [-0.15, -0.1) is 0 Å². The van der Waals surface area contributed by atoms with Crippen LogP contribution in [0.1, 0.15) is 21.6 Å². The molecule has 3 aromatic rings. The van der Waals surface area contributed by atoms with Gasteiger partial charge in [-0.3, -0.25) is 9.69 Å². The van der Waals surface area contributed by atoms with Crippen molar-refractivity contribution in [2.24, 2.45) is 0 Å². The average Bonchev–Trinajstić information content (AvgIpc) is 3.27.